The lowest BCUT2D eigenvalue weighted by molar-refractivity contribution is 0.0671. The number of hydrogen-bond donors (Lipinski definition) is 0. The summed E-state index contributed by atoms with van der Waals surface area (Å²) < 4.78 is 11.1. The van der Waals surface area contributed by atoms with Gasteiger partial charge in [0.05, 0.1) is 0 Å². The molecule has 2 heterocycles. The topological polar surface area (TPSA) is 55.6 Å². The number of nitrogens with zero attached hydrogens (tertiary/aromatic N) is 2. The van der Waals surface area contributed by atoms with E-state index < -0.39 is 0 Å². The predicted octanol–water partition coefficient (Wildman–Crippen LogP) is 3.71. The van der Waals surface area contributed by atoms with Crippen LogP contribution in [0.1, 0.15) is 80.1 Å². The first-order valence-corrected chi connectivity index (χ1v) is 8.59. The number of carbonyl (C=O) groups is 1. The van der Waals surface area contributed by atoms with Gasteiger partial charge in [-0.25, -0.2) is 4.98 Å². The van der Waals surface area contributed by atoms with Gasteiger partial charge in [0.1, 0.15) is 6.10 Å². The third kappa shape index (κ3) is 3.35. The van der Waals surface area contributed by atoms with Crippen molar-refractivity contribution in [2.75, 3.05) is 13.7 Å². The van der Waals surface area contributed by atoms with Crippen molar-refractivity contribution in [2.24, 2.45) is 0 Å². The lowest BCUT2D eigenvalue weighted by Crippen LogP contribution is -2.38. The summed E-state index contributed by atoms with van der Waals surface area (Å²) in [5, 5.41) is 0. The summed E-state index contributed by atoms with van der Waals surface area (Å²) in [6, 6.07) is 0.321. The van der Waals surface area contributed by atoms with E-state index in [-0.39, 0.29) is 12.0 Å². The number of amides is 1. The second kappa shape index (κ2) is 7.27. The van der Waals surface area contributed by atoms with Crippen LogP contribution in [-0.2, 0) is 4.74 Å². The molecule has 0 aromatic carbocycles. The van der Waals surface area contributed by atoms with E-state index in [0.717, 1.165) is 32.3 Å². The minimum atomic E-state index is -0.104. The third-order valence-corrected chi connectivity index (χ3v) is 4.96. The fourth-order valence-corrected chi connectivity index (χ4v) is 3.58. The second-order valence-corrected chi connectivity index (χ2v) is 6.48. The minimum Gasteiger partial charge on any atom is -0.445 e. The van der Waals surface area contributed by atoms with Gasteiger partial charge in [0.2, 0.25) is 0 Å². The summed E-state index contributed by atoms with van der Waals surface area (Å²) in [6.45, 7) is 0.734. The summed E-state index contributed by atoms with van der Waals surface area (Å²) in [5.74, 6) is 0.588. The van der Waals surface area contributed by atoms with Crippen molar-refractivity contribution in [3.63, 3.8) is 0 Å². The number of oxazole rings is 1. The Hall–Kier alpha value is -1.36. The molecule has 1 aromatic rings. The van der Waals surface area contributed by atoms with E-state index in [1.807, 2.05) is 11.9 Å². The lowest BCUT2D eigenvalue weighted by atomic mass is 9.95. The van der Waals surface area contributed by atoms with Gasteiger partial charge in [-0.15, -0.1) is 0 Å². The number of rotatable bonds is 3. The van der Waals surface area contributed by atoms with Crippen molar-refractivity contribution in [2.45, 2.75) is 69.9 Å². The molecule has 1 saturated carbocycles. The van der Waals surface area contributed by atoms with E-state index in [1.165, 1.54) is 38.5 Å². The molecule has 5 heteroatoms. The third-order valence-electron chi connectivity index (χ3n) is 4.96. The number of ether oxygens (including phenoxy) is 1. The van der Waals surface area contributed by atoms with Gasteiger partial charge in [-0.05, 0) is 25.7 Å². The standard InChI is InChI=1S/C17H26N2O3/c1-19(13-8-5-3-2-4-6-9-13)17(20)15-16(22-12-18-15)14-10-7-11-21-14/h12-14H,2-11H2,1H3. The van der Waals surface area contributed by atoms with Gasteiger partial charge in [-0.3, -0.25) is 4.79 Å². The van der Waals surface area contributed by atoms with Gasteiger partial charge in [0.15, 0.2) is 17.8 Å². The molecule has 0 N–H and O–H groups in total. The molecule has 0 radical (unpaired) electrons. The van der Waals surface area contributed by atoms with Crippen LogP contribution in [0.4, 0.5) is 0 Å². The van der Waals surface area contributed by atoms with Gasteiger partial charge in [-0.2, -0.15) is 0 Å². The first kappa shape index (κ1) is 15.5. The molecule has 0 bridgehead atoms. The van der Waals surface area contributed by atoms with E-state index >= 15 is 0 Å². The summed E-state index contributed by atoms with van der Waals surface area (Å²) in [5.41, 5.74) is 0.441. The smallest absolute Gasteiger partial charge is 0.276 e. The SMILES string of the molecule is CN(C(=O)c1ncoc1C1CCCO1)C1CCCCCCC1. The molecule has 1 amide bonds. The predicted molar refractivity (Wildman–Crippen MR) is 82.6 cm³/mol. The first-order valence-electron chi connectivity index (χ1n) is 8.59. The molecule has 1 aliphatic carbocycles. The van der Waals surface area contributed by atoms with Gasteiger partial charge in [0, 0.05) is 19.7 Å². The summed E-state index contributed by atoms with van der Waals surface area (Å²) in [4.78, 5) is 18.9. The average Bonchev–Trinajstić information content (AvgIpc) is 3.16. The van der Waals surface area contributed by atoms with Crippen molar-refractivity contribution < 1.29 is 13.9 Å². The largest absolute Gasteiger partial charge is 0.445 e. The molecule has 1 saturated heterocycles. The zero-order valence-electron chi connectivity index (χ0n) is 13.4. The minimum absolute atomic E-state index is 0.0233. The Morgan fingerprint density at radius 3 is 2.55 bits per heavy atom. The van der Waals surface area contributed by atoms with Crippen molar-refractivity contribution >= 4 is 5.91 Å². The Kier molecular flexibility index (Phi) is 5.13. The monoisotopic (exact) mass is 306 g/mol. The number of hydrogen-bond acceptors (Lipinski definition) is 4. The highest BCUT2D eigenvalue weighted by Gasteiger charge is 2.31. The Morgan fingerprint density at radius 1 is 1.14 bits per heavy atom. The summed E-state index contributed by atoms with van der Waals surface area (Å²) in [6.07, 6.45) is 11.7. The Bertz CT molecular complexity index is 486. The molecule has 1 aliphatic heterocycles. The Morgan fingerprint density at radius 2 is 1.86 bits per heavy atom. The number of carbonyl (C=O) groups excluding carboxylic acids is 1. The van der Waals surface area contributed by atoms with Crippen LogP contribution in [0.5, 0.6) is 0 Å². The van der Waals surface area contributed by atoms with Crippen LogP contribution >= 0.6 is 0 Å². The highest BCUT2D eigenvalue weighted by molar-refractivity contribution is 5.93. The van der Waals surface area contributed by atoms with Gasteiger partial charge >= 0.3 is 0 Å². The van der Waals surface area contributed by atoms with Gasteiger partial charge < -0.3 is 14.1 Å². The Balaban J connectivity index is 1.71. The van der Waals surface area contributed by atoms with E-state index in [9.17, 15) is 4.79 Å². The molecular formula is C17H26N2O3. The van der Waals surface area contributed by atoms with Crippen LogP contribution in [0.15, 0.2) is 10.8 Å². The molecule has 3 rings (SSSR count). The molecule has 122 valence electrons. The second-order valence-electron chi connectivity index (χ2n) is 6.48. The van der Waals surface area contributed by atoms with Crippen molar-refractivity contribution in [1.82, 2.24) is 9.88 Å². The molecule has 0 spiro atoms. The zero-order valence-corrected chi connectivity index (χ0v) is 13.4. The maximum Gasteiger partial charge on any atom is 0.276 e. The van der Waals surface area contributed by atoms with Crippen LogP contribution in [0, 0.1) is 0 Å². The highest BCUT2D eigenvalue weighted by atomic mass is 16.5. The van der Waals surface area contributed by atoms with E-state index in [1.54, 1.807) is 0 Å². The molecule has 1 aromatic heterocycles. The summed E-state index contributed by atoms with van der Waals surface area (Å²) >= 11 is 0. The van der Waals surface area contributed by atoms with Crippen LogP contribution in [0.25, 0.3) is 0 Å². The summed E-state index contributed by atoms with van der Waals surface area (Å²) in [7, 11) is 1.91. The molecule has 2 fully saturated rings. The molecule has 1 atom stereocenters. The van der Waals surface area contributed by atoms with E-state index in [4.69, 9.17) is 9.15 Å². The molecule has 22 heavy (non-hydrogen) atoms. The van der Waals surface area contributed by atoms with Crippen molar-refractivity contribution in [1.29, 1.82) is 0 Å². The van der Waals surface area contributed by atoms with Crippen molar-refractivity contribution in [3.05, 3.63) is 17.8 Å². The maximum atomic E-state index is 12.8. The zero-order chi connectivity index (χ0) is 15.4. The molecular weight excluding hydrogens is 280 g/mol. The molecule has 2 aliphatic rings. The lowest BCUT2D eigenvalue weighted by Gasteiger charge is -2.29. The first-order chi connectivity index (χ1) is 10.8. The average molecular weight is 306 g/mol. The van der Waals surface area contributed by atoms with E-state index in [2.05, 4.69) is 4.98 Å². The van der Waals surface area contributed by atoms with Crippen LogP contribution in [0.2, 0.25) is 0 Å². The van der Waals surface area contributed by atoms with Crippen LogP contribution < -0.4 is 0 Å². The number of aromatic nitrogens is 1. The van der Waals surface area contributed by atoms with Gasteiger partial charge in [-0.1, -0.05) is 32.1 Å². The van der Waals surface area contributed by atoms with Crippen LogP contribution in [0.3, 0.4) is 0 Å². The van der Waals surface area contributed by atoms with Crippen molar-refractivity contribution in [3.8, 4) is 0 Å². The molecule has 1 unspecified atom stereocenters. The Labute approximate surface area is 132 Å². The molecule has 5 nitrogen and oxygen atoms in total. The van der Waals surface area contributed by atoms with Crippen LogP contribution in [-0.4, -0.2) is 35.5 Å². The quantitative estimate of drug-likeness (QED) is 0.854. The fourth-order valence-electron chi connectivity index (χ4n) is 3.58. The van der Waals surface area contributed by atoms with Gasteiger partial charge in [0.25, 0.3) is 5.91 Å². The maximum absolute atomic E-state index is 12.8. The highest BCUT2D eigenvalue weighted by Crippen LogP contribution is 2.31. The van der Waals surface area contributed by atoms with E-state index in [0.29, 0.717) is 17.5 Å². The normalized spacial score (nSPS) is 24.0. The fraction of sp³-hybridized carbons (Fsp3) is 0.765.